The van der Waals surface area contributed by atoms with Crippen LogP contribution in [0.25, 0.3) is 0 Å². The molecule has 3 rings (SSSR count). The maximum atomic E-state index is 10.1. The quantitative estimate of drug-likeness (QED) is 0.466. The lowest BCUT2D eigenvalue weighted by Gasteiger charge is -2.42. The van der Waals surface area contributed by atoms with Gasteiger partial charge in [0, 0.05) is 6.42 Å². The predicted molar refractivity (Wildman–Crippen MR) is 119 cm³/mol. The molecule has 0 aromatic carbocycles. The molecule has 0 unspecified atom stereocenters. The number of fused-ring (bicyclic) bond motifs is 1. The van der Waals surface area contributed by atoms with Gasteiger partial charge < -0.3 is 14.9 Å². The molecule has 3 heteroatoms. The molecule has 3 nitrogen and oxygen atoms in total. The first-order valence-corrected chi connectivity index (χ1v) is 11.1. The second kappa shape index (κ2) is 9.06. The van der Waals surface area contributed by atoms with Gasteiger partial charge in [0.15, 0.2) is 0 Å². The Morgan fingerprint density at radius 2 is 2.14 bits per heavy atom. The molecule has 3 aliphatic carbocycles. The molecule has 2 N–H and O–H groups in total. The number of aliphatic hydroxyl groups excluding tert-OH is 2. The van der Waals surface area contributed by atoms with Crippen LogP contribution < -0.4 is 0 Å². The normalized spacial score (nSPS) is 36.9. The standard InChI is InChI=1S/C26H38O3/c1-17(8-9-18(2)29-5)23-12-13-24-20(7-6-14-26(23,24)4)10-11-21-15-22(27)16-25(28)19(21)3/h9-12,17,22,24-25,27-28H,3,6-8,13-16H2,1-2,4-5H3/b18-9-,20-10+,21-11-/t17-,22+,24+,25-,26-/m1/s1. The van der Waals surface area contributed by atoms with Crippen LogP contribution in [0.15, 0.2) is 58.9 Å². The van der Waals surface area contributed by atoms with Crippen molar-refractivity contribution >= 4 is 0 Å². The van der Waals surface area contributed by atoms with Crippen molar-refractivity contribution in [2.75, 3.05) is 7.11 Å². The maximum absolute atomic E-state index is 10.1. The Hall–Kier alpha value is -1.58. The number of methoxy groups -OCH3 is 1. The highest BCUT2D eigenvalue weighted by Crippen LogP contribution is 2.57. The molecule has 160 valence electrons. The number of ether oxygens (including phenoxy) is 1. The summed E-state index contributed by atoms with van der Waals surface area (Å²) in [6.07, 6.45) is 14.7. The van der Waals surface area contributed by atoms with Crippen molar-refractivity contribution in [2.24, 2.45) is 17.3 Å². The van der Waals surface area contributed by atoms with Gasteiger partial charge in [-0.2, -0.15) is 0 Å². The molecule has 0 aromatic heterocycles. The lowest BCUT2D eigenvalue weighted by molar-refractivity contribution is 0.0862. The molecule has 0 bridgehead atoms. The van der Waals surface area contributed by atoms with Gasteiger partial charge in [0.1, 0.15) is 0 Å². The summed E-state index contributed by atoms with van der Waals surface area (Å²) < 4.78 is 5.31. The van der Waals surface area contributed by atoms with Crippen LogP contribution in [0.1, 0.15) is 65.7 Å². The molecular formula is C26H38O3. The van der Waals surface area contributed by atoms with Gasteiger partial charge in [-0.15, -0.1) is 0 Å². The average molecular weight is 399 g/mol. The Kier molecular flexibility index (Phi) is 6.90. The molecular weight excluding hydrogens is 360 g/mol. The van der Waals surface area contributed by atoms with Crippen molar-refractivity contribution in [3.05, 3.63) is 58.9 Å². The van der Waals surface area contributed by atoms with E-state index in [2.05, 4.69) is 44.7 Å². The van der Waals surface area contributed by atoms with E-state index in [0.717, 1.165) is 36.2 Å². The summed E-state index contributed by atoms with van der Waals surface area (Å²) in [5.74, 6) is 2.08. The largest absolute Gasteiger partial charge is 0.502 e. The Labute approximate surface area is 176 Å². The van der Waals surface area contributed by atoms with E-state index < -0.39 is 12.2 Å². The van der Waals surface area contributed by atoms with Gasteiger partial charge in [-0.3, -0.25) is 0 Å². The van der Waals surface area contributed by atoms with Crippen molar-refractivity contribution in [2.45, 2.75) is 77.9 Å². The Morgan fingerprint density at radius 1 is 1.38 bits per heavy atom. The summed E-state index contributed by atoms with van der Waals surface area (Å²) in [6, 6.07) is 0. The molecule has 0 spiro atoms. The highest BCUT2D eigenvalue weighted by atomic mass is 16.5. The number of allylic oxidation sites excluding steroid dienone is 7. The van der Waals surface area contributed by atoms with Crippen molar-refractivity contribution in [1.82, 2.24) is 0 Å². The van der Waals surface area contributed by atoms with Gasteiger partial charge in [-0.05, 0) is 79.9 Å². The summed E-state index contributed by atoms with van der Waals surface area (Å²) in [7, 11) is 1.73. The third kappa shape index (κ3) is 4.62. The van der Waals surface area contributed by atoms with E-state index >= 15 is 0 Å². The van der Waals surface area contributed by atoms with E-state index in [0.29, 0.717) is 24.7 Å². The highest BCUT2D eigenvalue weighted by Gasteiger charge is 2.45. The molecule has 0 saturated heterocycles. The van der Waals surface area contributed by atoms with Crippen LogP contribution in [0.5, 0.6) is 0 Å². The second-order valence-electron chi connectivity index (χ2n) is 9.44. The molecule has 3 aliphatic rings. The zero-order chi connectivity index (χ0) is 21.2. The van der Waals surface area contributed by atoms with Gasteiger partial charge >= 0.3 is 0 Å². The maximum Gasteiger partial charge on any atom is 0.0885 e. The second-order valence-corrected chi connectivity index (χ2v) is 9.44. The van der Waals surface area contributed by atoms with E-state index in [1.807, 2.05) is 6.92 Å². The van der Waals surface area contributed by atoms with E-state index in [4.69, 9.17) is 4.74 Å². The third-order valence-corrected chi connectivity index (χ3v) is 7.49. The summed E-state index contributed by atoms with van der Waals surface area (Å²) in [4.78, 5) is 0. The Morgan fingerprint density at radius 3 is 2.86 bits per heavy atom. The fourth-order valence-electron chi connectivity index (χ4n) is 5.63. The number of rotatable bonds is 5. The zero-order valence-electron chi connectivity index (χ0n) is 18.6. The monoisotopic (exact) mass is 398 g/mol. The summed E-state index contributed by atoms with van der Waals surface area (Å²) >= 11 is 0. The molecule has 5 atom stereocenters. The number of aliphatic hydroxyl groups is 2. The summed E-state index contributed by atoms with van der Waals surface area (Å²) in [5.41, 5.74) is 5.12. The van der Waals surface area contributed by atoms with Crippen molar-refractivity contribution in [3.63, 3.8) is 0 Å². The van der Waals surface area contributed by atoms with Gasteiger partial charge in [0.05, 0.1) is 25.1 Å². The smallest absolute Gasteiger partial charge is 0.0885 e. The molecule has 0 amide bonds. The summed E-state index contributed by atoms with van der Waals surface area (Å²) in [6.45, 7) is 10.9. The van der Waals surface area contributed by atoms with Crippen LogP contribution in [-0.4, -0.2) is 29.5 Å². The highest BCUT2D eigenvalue weighted by molar-refractivity contribution is 5.40. The van der Waals surface area contributed by atoms with Gasteiger partial charge in [0.2, 0.25) is 0 Å². The molecule has 2 fully saturated rings. The molecule has 29 heavy (non-hydrogen) atoms. The fraction of sp³-hybridized carbons (Fsp3) is 0.615. The molecule has 0 radical (unpaired) electrons. The summed E-state index contributed by atoms with van der Waals surface area (Å²) in [5, 5.41) is 20.1. The van der Waals surface area contributed by atoms with Crippen molar-refractivity contribution in [1.29, 1.82) is 0 Å². The van der Waals surface area contributed by atoms with Gasteiger partial charge in [-0.25, -0.2) is 0 Å². The Balaban J connectivity index is 1.77. The molecule has 0 heterocycles. The topological polar surface area (TPSA) is 49.7 Å². The predicted octanol–water partition coefficient (Wildman–Crippen LogP) is 5.62. The fourth-order valence-corrected chi connectivity index (χ4v) is 5.63. The van der Waals surface area contributed by atoms with Crippen LogP contribution in [0.3, 0.4) is 0 Å². The van der Waals surface area contributed by atoms with E-state index in [-0.39, 0.29) is 5.41 Å². The first-order valence-electron chi connectivity index (χ1n) is 11.1. The lowest BCUT2D eigenvalue weighted by Crippen LogP contribution is -2.32. The zero-order valence-corrected chi connectivity index (χ0v) is 18.6. The van der Waals surface area contributed by atoms with E-state index in [9.17, 15) is 10.2 Å². The minimum atomic E-state index is -0.621. The number of hydrogen-bond donors (Lipinski definition) is 2. The Bertz CT molecular complexity index is 754. The SMILES string of the molecule is C=C1/C(=C\C=C2/CCC[C@]3(C)C([C@H](C)C/C=C(/C)OC)=CC[C@@H]23)C[C@H](O)C[C@H]1O. The molecule has 0 aromatic rings. The minimum Gasteiger partial charge on any atom is -0.502 e. The lowest BCUT2D eigenvalue weighted by atomic mass is 9.62. The van der Waals surface area contributed by atoms with Crippen LogP contribution in [-0.2, 0) is 4.74 Å². The molecule has 0 aliphatic heterocycles. The van der Waals surface area contributed by atoms with Gasteiger partial charge in [0.25, 0.3) is 0 Å². The number of hydrogen-bond acceptors (Lipinski definition) is 3. The first-order chi connectivity index (χ1) is 13.8. The van der Waals surface area contributed by atoms with E-state index in [1.165, 1.54) is 18.4 Å². The van der Waals surface area contributed by atoms with Crippen LogP contribution in [0.4, 0.5) is 0 Å². The van der Waals surface area contributed by atoms with Crippen molar-refractivity contribution in [3.8, 4) is 0 Å². The van der Waals surface area contributed by atoms with Crippen LogP contribution in [0, 0.1) is 17.3 Å². The minimum absolute atomic E-state index is 0.236. The first kappa shape index (κ1) is 22.1. The van der Waals surface area contributed by atoms with Crippen LogP contribution >= 0.6 is 0 Å². The van der Waals surface area contributed by atoms with Crippen LogP contribution in [0.2, 0.25) is 0 Å². The molecule has 2 saturated carbocycles. The third-order valence-electron chi connectivity index (χ3n) is 7.49. The van der Waals surface area contributed by atoms with Crippen molar-refractivity contribution < 1.29 is 14.9 Å². The van der Waals surface area contributed by atoms with E-state index in [1.54, 1.807) is 12.7 Å². The average Bonchev–Trinajstić information content (AvgIpc) is 3.05. The van der Waals surface area contributed by atoms with Gasteiger partial charge in [-0.1, -0.05) is 49.8 Å².